The maximum Gasteiger partial charge on any atom is 0.344 e. The minimum Gasteiger partial charge on any atom is -0.482 e. The third kappa shape index (κ3) is 5.57. The van der Waals surface area contributed by atoms with Crippen LogP contribution in [-0.2, 0) is 30.3 Å². The molecule has 1 heterocycles. The number of benzene rings is 2. The molecule has 3 rings (SSSR count). The van der Waals surface area contributed by atoms with Crippen LogP contribution < -0.4 is 15.4 Å². The molecule has 0 aliphatic carbocycles. The van der Waals surface area contributed by atoms with Crippen molar-refractivity contribution < 1.29 is 33.4 Å². The molecule has 9 nitrogen and oxygen atoms in total. The number of esters is 2. The number of ether oxygens (including phenoxy) is 3. The van der Waals surface area contributed by atoms with Crippen molar-refractivity contribution in [1.82, 2.24) is 0 Å². The van der Waals surface area contributed by atoms with E-state index < -0.39 is 24.5 Å². The first-order valence-electron chi connectivity index (χ1n) is 9.14. The molecular weight excluding hydrogens is 392 g/mol. The number of hydrogen-bond donors (Lipinski definition) is 2. The molecule has 30 heavy (non-hydrogen) atoms. The quantitative estimate of drug-likeness (QED) is 0.667. The lowest BCUT2D eigenvalue weighted by molar-refractivity contribution is -0.149. The van der Waals surface area contributed by atoms with Crippen LogP contribution in [0.15, 0.2) is 42.5 Å². The topological polar surface area (TPSA) is 120 Å². The molecule has 156 valence electrons. The number of carbonyl (C=O) groups excluding carboxylic acids is 4. The lowest BCUT2D eigenvalue weighted by atomic mass is 10.0. The van der Waals surface area contributed by atoms with Crippen molar-refractivity contribution >= 4 is 35.1 Å². The van der Waals surface area contributed by atoms with Crippen molar-refractivity contribution in [1.29, 1.82) is 0 Å². The number of hydrogen-bond acceptors (Lipinski definition) is 7. The molecule has 0 spiro atoms. The van der Waals surface area contributed by atoms with E-state index in [0.717, 1.165) is 11.3 Å². The second kappa shape index (κ2) is 9.55. The first-order chi connectivity index (χ1) is 14.4. The van der Waals surface area contributed by atoms with E-state index in [-0.39, 0.29) is 18.1 Å². The van der Waals surface area contributed by atoms with Gasteiger partial charge in [0.15, 0.2) is 13.2 Å². The second-order valence-electron chi connectivity index (χ2n) is 6.44. The Balaban J connectivity index is 1.44. The SMILES string of the molecule is COC(=O)c1cccc(NC(=O)COC(=O)COc2ccc3c(c2)CCC(=O)N3)c1. The van der Waals surface area contributed by atoms with Gasteiger partial charge in [0, 0.05) is 17.8 Å². The van der Waals surface area contributed by atoms with Gasteiger partial charge in [-0.05, 0) is 48.4 Å². The summed E-state index contributed by atoms with van der Waals surface area (Å²) in [6.07, 6.45) is 0.996. The van der Waals surface area contributed by atoms with E-state index in [1.165, 1.54) is 13.2 Å². The van der Waals surface area contributed by atoms with Gasteiger partial charge in [-0.1, -0.05) is 6.07 Å². The number of methoxy groups -OCH3 is 1. The molecule has 0 unspecified atom stereocenters. The van der Waals surface area contributed by atoms with Gasteiger partial charge in [0.05, 0.1) is 12.7 Å². The summed E-state index contributed by atoms with van der Waals surface area (Å²) in [4.78, 5) is 46.7. The van der Waals surface area contributed by atoms with Crippen LogP contribution in [0.2, 0.25) is 0 Å². The van der Waals surface area contributed by atoms with Gasteiger partial charge in [-0.2, -0.15) is 0 Å². The molecule has 2 aromatic rings. The lowest BCUT2D eigenvalue weighted by Gasteiger charge is -2.17. The van der Waals surface area contributed by atoms with E-state index in [1.54, 1.807) is 36.4 Å². The van der Waals surface area contributed by atoms with Crippen LogP contribution in [-0.4, -0.2) is 44.1 Å². The van der Waals surface area contributed by atoms with Crippen LogP contribution in [0.1, 0.15) is 22.3 Å². The predicted octanol–water partition coefficient (Wildman–Crippen LogP) is 1.92. The molecule has 1 aliphatic heterocycles. The Hall–Kier alpha value is -3.88. The smallest absolute Gasteiger partial charge is 0.344 e. The van der Waals surface area contributed by atoms with Crippen LogP contribution in [0.5, 0.6) is 5.75 Å². The van der Waals surface area contributed by atoms with E-state index in [0.29, 0.717) is 24.3 Å². The van der Waals surface area contributed by atoms with Gasteiger partial charge >= 0.3 is 11.9 Å². The first-order valence-corrected chi connectivity index (χ1v) is 9.14. The zero-order chi connectivity index (χ0) is 21.5. The molecule has 0 bridgehead atoms. The Morgan fingerprint density at radius 2 is 1.90 bits per heavy atom. The highest BCUT2D eigenvalue weighted by atomic mass is 16.6. The van der Waals surface area contributed by atoms with Crippen LogP contribution in [0.25, 0.3) is 0 Å². The normalized spacial score (nSPS) is 12.2. The monoisotopic (exact) mass is 412 g/mol. The lowest BCUT2D eigenvalue weighted by Crippen LogP contribution is -2.24. The third-order valence-electron chi connectivity index (χ3n) is 4.26. The summed E-state index contributed by atoms with van der Waals surface area (Å²) >= 11 is 0. The van der Waals surface area contributed by atoms with Crippen molar-refractivity contribution in [2.24, 2.45) is 0 Å². The molecule has 2 amide bonds. The summed E-state index contributed by atoms with van der Waals surface area (Å²) < 4.78 is 14.9. The maximum absolute atomic E-state index is 11.9. The highest BCUT2D eigenvalue weighted by Gasteiger charge is 2.16. The van der Waals surface area contributed by atoms with E-state index in [4.69, 9.17) is 9.47 Å². The Labute approximate surface area is 172 Å². The van der Waals surface area contributed by atoms with E-state index in [2.05, 4.69) is 15.4 Å². The summed E-state index contributed by atoms with van der Waals surface area (Å²) in [6, 6.07) is 11.3. The van der Waals surface area contributed by atoms with Gasteiger partial charge in [0.25, 0.3) is 5.91 Å². The summed E-state index contributed by atoms with van der Waals surface area (Å²) in [6.45, 7) is -0.864. The molecule has 0 aromatic heterocycles. The Morgan fingerprint density at radius 3 is 2.70 bits per heavy atom. The van der Waals surface area contributed by atoms with Crippen molar-refractivity contribution in [3.63, 3.8) is 0 Å². The van der Waals surface area contributed by atoms with Crippen molar-refractivity contribution in [2.45, 2.75) is 12.8 Å². The maximum atomic E-state index is 11.9. The van der Waals surface area contributed by atoms with Crippen molar-refractivity contribution in [3.8, 4) is 5.75 Å². The fourth-order valence-electron chi connectivity index (χ4n) is 2.82. The van der Waals surface area contributed by atoms with Crippen LogP contribution in [0, 0.1) is 0 Å². The number of amides is 2. The minimum atomic E-state index is -0.709. The number of fused-ring (bicyclic) bond motifs is 1. The minimum absolute atomic E-state index is 0.0324. The molecular formula is C21H20N2O7. The zero-order valence-electron chi connectivity index (χ0n) is 16.2. The van der Waals surface area contributed by atoms with Gasteiger partial charge in [0.1, 0.15) is 5.75 Å². The number of carbonyl (C=O) groups is 4. The fourth-order valence-corrected chi connectivity index (χ4v) is 2.82. The van der Waals surface area contributed by atoms with Gasteiger partial charge < -0.3 is 24.8 Å². The molecule has 2 aromatic carbocycles. The van der Waals surface area contributed by atoms with E-state index in [9.17, 15) is 19.2 Å². The second-order valence-corrected chi connectivity index (χ2v) is 6.44. The fraction of sp³-hybridized carbons (Fsp3) is 0.238. The molecule has 0 atom stereocenters. The van der Waals surface area contributed by atoms with Crippen LogP contribution in [0.4, 0.5) is 11.4 Å². The number of nitrogens with one attached hydrogen (secondary N) is 2. The molecule has 9 heteroatoms. The Kier molecular flexibility index (Phi) is 6.63. The van der Waals surface area contributed by atoms with Crippen molar-refractivity contribution in [3.05, 3.63) is 53.6 Å². The van der Waals surface area contributed by atoms with Gasteiger partial charge in [0.2, 0.25) is 5.91 Å². The Bertz CT molecular complexity index is 987. The van der Waals surface area contributed by atoms with Gasteiger partial charge in [-0.25, -0.2) is 9.59 Å². The number of rotatable bonds is 7. The predicted molar refractivity (Wildman–Crippen MR) is 106 cm³/mol. The highest BCUT2D eigenvalue weighted by Crippen LogP contribution is 2.26. The highest BCUT2D eigenvalue weighted by molar-refractivity contribution is 5.96. The molecule has 0 fully saturated rings. The van der Waals surface area contributed by atoms with E-state index in [1.807, 2.05) is 0 Å². The zero-order valence-corrected chi connectivity index (χ0v) is 16.2. The van der Waals surface area contributed by atoms with E-state index >= 15 is 0 Å². The van der Waals surface area contributed by atoms with Gasteiger partial charge in [-0.15, -0.1) is 0 Å². The average molecular weight is 412 g/mol. The number of aryl methyl sites for hydroxylation is 1. The molecule has 2 N–H and O–H groups in total. The average Bonchev–Trinajstić information content (AvgIpc) is 2.75. The standard InChI is InChI=1S/C21H20N2O7/c1-28-21(27)14-3-2-4-15(9-14)22-19(25)11-30-20(26)12-29-16-6-7-17-13(10-16)5-8-18(24)23-17/h2-4,6-7,9-10H,5,8,11-12H2,1H3,(H,22,25)(H,23,24). The molecule has 0 radical (unpaired) electrons. The largest absolute Gasteiger partial charge is 0.482 e. The third-order valence-corrected chi connectivity index (χ3v) is 4.26. The number of anilines is 2. The van der Waals surface area contributed by atoms with Crippen LogP contribution in [0.3, 0.4) is 0 Å². The van der Waals surface area contributed by atoms with Crippen molar-refractivity contribution in [2.75, 3.05) is 31.0 Å². The molecule has 0 saturated heterocycles. The van der Waals surface area contributed by atoms with Crippen LogP contribution >= 0.6 is 0 Å². The summed E-state index contributed by atoms with van der Waals surface area (Å²) in [7, 11) is 1.26. The summed E-state index contributed by atoms with van der Waals surface area (Å²) in [5.41, 5.74) is 2.31. The Morgan fingerprint density at radius 1 is 1.07 bits per heavy atom. The summed E-state index contributed by atoms with van der Waals surface area (Å²) in [5.74, 6) is -1.37. The van der Waals surface area contributed by atoms with Gasteiger partial charge in [-0.3, -0.25) is 9.59 Å². The summed E-state index contributed by atoms with van der Waals surface area (Å²) in [5, 5.41) is 5.29. The molecule has 0 saturated carbocycles. The first kappa shape index (κ1) is 20.8. The molecule has 1 aliphatic rings.